The Morgan fingerprint density at radius 1 is 1.25 bits per heavy atom. The first-order valence-electron chi connectivity index (χ1n) is 7.91. The number of pyridine rings is 1. The highest BCUT2D eigenvalue weighted by molar-refractivity contribution is 5.77. The largest absolute Gasteiger partial charge is 0.383 e. The lowest BCUT2D eigenvalue weighted by molar-refractivity contribution is -0.127. The quantitative estimate of drug-likeness (QED) is 0.715. The van der Waals surface area contributed by atoms with Crippen LogP contribution in [-0.2, 0) is 4.79 Å². The normalized spacial score (nSPS) is 13.6. The molecule has 0 bridgehead atoms. The molecule has 1 fully saturated rings. The molecule has 7 nitrogen and oxygen atoms in total. The highest BCUT2D eigenvalue weighted by atomic mass is 16.2. The summed E-state index contributed by atoms with van der Waals surface area (Å²) in [6.45, 7) is 3.59. The first-order chi connectivity index (χ1) is 11.6. The van der Waals surface area contributed by atoms with E-state index in [4.69, 9.17) is 5.73 Å². The third kappa shape index (κ3) is 3.51. The summed E-state index contributed by atoms with van der Waals surface area (Å²) in [5, 5.41) is 0. The number of fused-ring (bicyclic) bond motifs is 1. The van der Waals surface area contributed by atoms with E-state index in [1.807, 2.05) is 23.1 Å². The maximum Gasteiger partial charge on any atom is 0.219 e. The zero-order chi connectivity index (χ0) is 16.9. The number of hydrogen-bond donors (Lipinski definition) is 2. The van der Waals surface area contributed by atoms with Crippen LogP contribution < -0.4 is 5.73 Å². The Balaban J connectivity index is 0.000000179. The molecular formula is C17H20N6O. The maximum absolute atomic E-state index is 10.6. The van der Waals surface area contributed by atoms with E-state index in [0.29, 0.717) is 5.82 Å². The van der Waals surface area contributed by atoms with Gasteiger partial charge < -0.3 is 15.6 Å². The Morgan fingerprint density at radius 3 is 2.71 bits per heavy atom. The summed E-state index contributed by atoms with van der Waals surface area (Å²) in [7, 11) is 0. The number of likely N-dealkylation sites (tertiary alicyclic amines) is 1. The van der Waals surface area contributed by atoms with E-state index < -0.39 is 0 Å². The molecule has 124 valence electrons. The molecular weight excluding hydrogens is 304 g/mol. The Morgan fingerprint density at radius 2 is 2.04 bits per heavy atom. The third-order valence-electron chi connectivity index (χ3n) is 3.93. The zero-order valence-corrected chi connectivity index (χ0v) is 13.6. The Hall–Kier alpha value is -2.96. The Kier molecular flexibility index (Phi) is 4.69. The van der Waals surface area contributed by atoms with Crippen LogP contribution in [0.1, 0.15) is 19.8 Å². The SMILES string of the molecule is CC(=O)N1CCCC1.Nc1ncccc1-c1cnc2[nH]ccc2n1. The van der Waals surface area contributed by atoms with Crippen molar-refractivity contribution in [1.82, 2.24) is 24.8 Å². The summed E-state index contributed by atoms with van der Waals surface area (Å²) in [5.74, 6) is 0.689. The number of nitrogen functional groups attached to an aromatic ring is 1. The number of nitrogens with two attached hydrogens (primary N) is 1. The van der Waals surface area contributed by atoms with E-state index in [0.717, 1.165) is 35.5 Å². The molecule has 24 heavy (non-hydrogen) atoms. The summed E-state index contributed by atoms with van der Waals surface area (Å²) in [5.41, 5.74) is 8.91. The van der Waals surface area contributed by atoms with Gasteiger partial charge >= 0.3 is 0 Å². The number of aromatic nitrogens is 4. The van der Waals surface area contributed by atoms with Crippen LogP contribution in [0.4, 0.5) is 5.82 Å². The van der Waals surface area contributed by atoms with Crippen molar-refractivity contribution in [2.24, 2.45) is 0 Å². The van der Waals surface area contributed by atoms with Crippen LogP contribution in [-0.4, -0.2) is 43.8 Å². The Labute approximate surface area is 139 Å². The van der Waals surface area contributed by atoms with Crippen molar-refractivity contribution < 1.29 is 4.79 Å². The molecule has 0 aromatic carbocycles. The van der Waals surface area contributed by atoms with E-state index in [9.17, 15) is 4.79 Å². The molecule has 7 heteroatoms. The van der Waals surface area contributed by atoms with Gasteiger partial charge in [-0.1, -0.05) is 0 Å². The first-order valence-corrected chi connectivity index (χ1v) is 7.91. The standard InChI is InChI=1S/C11H9N5.C6H11NO/c12-10-7(2-1-4-13-10)9-6-15-11-8(16-9)3-5-14-11;1-6(8)7-4-2-3-5-7/h1-6H,(H2,12,13)(H,14,15);2-5H2,1H3. The van der Waals surface area contributed by atoms with E-state index in [-0.39, 0.29) is 5.91 Å². The molecule has 4 rings (SSSR count). The van der Waals surface area contributed by atoms with Gasteiger partial charge in [0.25, 0.3) is 0 Å². The number of nitrogens with one attached hydrogen (secondary N) is 1. The van der Waals surface area contributed by atoms with Gasteiger partial charge in [-0.15, -0.1) is 0 Å². The maximum atomic E-state index is 10.6. The molecule has 3 aromatic heterocycles. The lowest BCUT2D eigenvalue weighted by Crippen LogP contribution is -2.24. The average Bonchev–Trinajstić information content (AvgIpc) is 3.27. The summed E-state index contributed by atoms with van der Waals surface area (Å²) in [4.78, 5) is 28.2. The lowest BCUT2D eigenvalue weighted by Gasteiger charge is -2.10. The number of hydrogen-bond acceptors (Lipinski definition) is 5. The summed E-state index contributed by atoms with van der Waals surface area (Å²) >= 11 is 0. The first kappa shape index (κ1) is 15.9. The fourth-order valence-corrected chi connectivity index (χ4v) is 2.63. The summed E-state index contributed by atoms with van der Waals surface area (Å²) < 4.78 is 0. The smallest absolute Gasteiger partial charge is 0.219 e. The van der Waals surface area contributed by atoms with Gasteiger partial charge in [-0.05, 0) is 31.0 Å². The number of nitrogens with zero attached hydrogens (tertiary/aromatic N) is 4. The van der Waals surface area contributed by atoms with Gasteiger partial charge in [-0.2, -0.15) is 0 Å². The monoisotopic (exact) mass is 324 g/mol. The molecule has 0 unspecified atom stereocenters. The highest BCUT2D eigenvalue weighted by Gasteiger charge is 2.12. The van der Waals surface area contributed by atoms with E-state index in [1.54, 1.807) is 25.5 Å². The van der Waals surface area contributed by atoms with Crippen LogP contribution in [0.3, 0.4) is 0 Å². The van der Waals surface area contributed by atoms with Gasteiger partial charge in [0, 0.05) is 38.0 Å². The fraction of sp³-hybridized carbons (Fsp3) is 0.294. The Bertz CT molecular complexity index is 838. The third-order valence-corrected chi connectivity index (χ3v) is 3.93. The zero-order valence-electron chi connectivity index (χ0n) is 13.6. The fourth-order valence-electron chi connectivity index (χ4n) is 2.63. The molecule has 3 aromatic rings. The van der Waals surface area contributed by atoms with E-state index in [1.165, 1.54) is 12.8 Å². The molecule has 0 atom stereocenters. The average molecular weight is 324 g/mol. The molecule has 3 N–H and O–H groups in total. The van der Waals surface area contributed by atoms with Gasteiger partial charge in [-0.3, -0.25) is 4.79 Å². The van der Waals surface area contributed by atoms with Crippen molar-refractivity contribution in [1.29, 1.82) is 0 Å². The summed E-state index contributed by atoms with van der Waals surface area (Å²) in [6, 6.07) is 5.58. The molecule has 1 aliphatic heterocycles. The van der Waals surface area contributed by atoms with Crippen LogP contribution in [0.25, 0.3) is 22.4 Å². The molecule has 0 spiro atoms. The minimum absolute atomic E-state index is 0.225. The number of amides is 1. The molecule has 0 saturated carbocycles. The van der Waals surface area contributed by atoms with Gasteiger partial charge in [0.2, 0.25) is 5.91 Å². The van der Waals surface area contributed by atoms with Crippen molar-refractivity contribution in [2.75, 3.05) is 18.8 Å². The van der Waals surface area contributed by atoms with Crippen LogP contribution in [0.15, 0.2) is 36.8 Å². The number of carbonyl (C=O) groups excluding carboxylic acids is 1. The van der Waals surface area contributed by atoms with Crippen molar-refractivity contribution in [2.45, 2.75) is 19.8 Å². The predicted molar refractivity (Wildman–Crippen MR) is 93.0 cm³/mol. The van der Waals surface area contributed by atoms with Crippen LogP contribution in [0.2, 0.25) is 0 Å². The second-order valence-electron chi connectivity index (χ2n) is 5.62. The topological polar surface area (TPSA) is 101 Å². The minimum Gasteiger partial charge on any atom is -0.383 e. The number of H-pyrrole nitrogens is 1. The van der Waals surface area contributed by atoms with Crippen molar-refractivity contribution in [3.63, 3.8) is 0 Å². The molecule has 0 aliphatic carbocycles. The van der Waals surface area contributed by atoms with Crippen molar-refractivity contribution >= 4 is 22.9 Å². The van der Waals surface area contributed by atoms with Crippen LogP contribution in [0, 0.1) is 0 Å². The minimum atomic E-state index is 0.225. The van der Waals surface area contributed by atoms with Crippen LogP contribution in [0.5, 0.6) is 0 Å². The number of aromatic amines is 1. The van der Waals surface area contributed by atoms with Crippen molar-refractivity contribution in [3.05, 3.63) is 36.8 Å². The van der Waals surface area contributed by atoms with Gasteiger partial charge in [0.1, 0.15) is 11.3 Å². The lowest BCUT2D eigenvalue weighted by atomic mass is 10.2. The molecule has 0 radical (unpaired) electrons. The molecule has 1 saturated heterocycles. The van der Waals surface area contributed by atoms with Gasteiger partial charge in [-0.25, -0.2) is 15.0 Å². The van der Waals surface area contributed by atoms with Gasteiger partial charge in [0.05, 0.1) is 11.9 Å². The summed E-state index contributed by atoms with van der Waals surface area (Å²) in [6.07, 6.45) is 7.54. The predicted octanol–water partition coefficient (Wildman–Crippen LogP) is 2.23. The van der Waals surface area contributed by atoms with Gasteiger partial charge in [0.15, 0.2) is 5.65 Å². The molecule has 1 amide bonds. The number of anilines is 1. The van der Waals surface area contributed by atoms with E-state index >= 15 is 0 Å². The molecule has 1 aliphatic rings. The highest BCUT2D eigenvalue weighted by Crippen LogP contribution is 2.22. The molecule has 4 heterocycles. The van der Waals surface area contributed by atoms with Crippen molar-refractivity contribution in [3.8, 4) is 11.3 Å². The second kappa shape index (κ2) is 7.08. The van der Waals surface area contributed by atoms with Crippen LogP contribution >= 0.6 is 0 Å². The van der Waals surface area contributed by atoms with E-state index in [2.05, 4.69) is 19.9 Å². The number of carbonyl (C=O) groups is 1. The second-order valence-corrected chi connectivity index (χ2v) is 5.62. The number of rotatable bonds is 1.